The summed E-state index contributed by atoms with van der Waals surface area (Å²) >= 11 is 0. The number of nitrogens with zero attached hydrogens (tertiary/aromatic N) is 1. The summed E-state index contributed by atoms with van der Waals surface area (Å²) in [7, 11) is 0. The van der Waals surface area contributed by atoms with Gasteiger partial charge in [0.2, 0.25) is 0 Å². The molecular weight excluding hydrogens is 230 g/mol. The number of benzene rings is 1. The Morgan fingerprint density at radius 2 is 1.63 bits per heavy atom. The third-order valence-electron chi connectivity index (χ3n) is 4.19. The predicted molar refractivity (Wildman–Crippen MR) is 85.3 cm³/mol. The lowest BCUT2D eigenvalue weighted by molar-refractivity contribution is 0.555. The Hall–Kier alpha value is -0.980. The van der Waals surface area contributed by atoms with Gasteiger partial charge in [-0.25, -0.2) is 0 Å². The van der Waals surface area contributed by atoms with Gasteiger partial charge < -0.3 is 4.90 Å². The molecule has 0 saturated carbocycles. The Bertz CT molecular complexity index is 420. The van der Waals surface area contributed by atoms with Crippen LogP contribution in [0.25, 0.3) is 0 Å². The smallest absolute Gasteiger partial charge is 0.0404 e. The van der Waals surface area contributed by atoms with Crippen LogP contribution in [-0.2, 0) is 5.41 Å². The fourth-order valence-electron chi connectivity index (χ4n) is 2.92. The van der Waals surface area contributed by atoms with Crippen LogP contribution in [0.1, 0.15) is 70.9 Å². The first-order valence-electron chi connectivity index (χ1n) is 7.79. The van der Waals surface area contributed by atoms with Crippen LogP contribution < -0.4 is 4.90 Å². The molecule has 1 aliphatic rings. The highest BCUT2D eigenvalue weighted by atomic mass is 15.1. The van der Waals surface area contributed by atoms with Crippen molar-refractivity contribution in [2.45, 2.75) is 65.2 Å². The van der Waals surface area contributed by atoms with E-state index in [1.807, 2.05) is 0 Å². The third-order valence-corrected chi connectivity index (χ3v) is 4.19. The quantitative estimate of drug-likeness (QED) is 0.714. The minimum atomic E-state index is 0.220. The molecule has 1 aliphatic heterocycles. The summed E-state index contributed by atoms with van der Waals surface area (Å²) in [6, 6.07) is 7.12. The number of rotatable bonds is 2. The highest BCUT2D eigenvalue weighted by Gasteiger charge is 2.23. The van der Waals surface area contributed by atoms with Crippen molar-refractivity contribution in [3.8, 4) is 0 Å². The molecule has 1 aromatic carbocycles. The van der Waals surface area contributed by atoms with Gasteiger partial charge in [-0.05, 0) is 47.8 Å². The Morgan fingerprint density at radius 1 is 1.00 bits per heavy atom. The zero-order valence-corrected chi connectivity index (χ0v) is 13.3. The van der Waals surface area contributed by atoms with Gasteiger partial charge in [0.1, 0.15) is 0 Å². The zero-order valence-electron chi connectivity index (χ0n) is 13.3. The van der Waals surface area contributed by atoms with E-state index >= 15 is 0 Å². The van der Waals surface area contributed by atoms with Crippen molar-refractivity contribution in [3.63, 3.8) is 0 Å². The molecule has 0 bridgehead atoms. The highest BCUT2D eigenvalue weighted by molar-refractivity contribution is 5.58. The van der Waals surface area contributed by atoms with E-state index in [1.165, 1.54) is 49.2 Å². The minimum Gasteiger partial charge on any atom is -0.371 e. The van der Waals surface area contributed by atoms with Gasteiger partial charge in [-0.3, -0.25) is 0 Å². The molecule has 1 fully saturated rings. The first-order chi connectivity index (χ1) is 8.89. The second-order valence-electron chi connectivity index (χ2n) is 7.23. The van der Waals surface area contributed by atoms with E-state index in [0.29, 0.717) is 5.92 Å². The van der Waals surface area contributed by atoms with Crippen LogP contribution in [0.3, 0.4) is 0 Å². The van der Waals surface area contributed by atoms with Crippen molar-refractivity contribution in [3.05, 3.63) is 29.3 Å². The molecule has 0 radical (unpaired) electrons. The molecule has 0 atom stereocenters. The molecule has 106 valence electrons. The standard InChI is InChI=1S/C18H29N/c1-14(2)15-9-10-17(16(13-15)18(3,4)5)19-11-7-6-8-12-19/h9-10,13-14H,6-8,11-12H2,1-5H3. The zero-order chi connectivity index (χ0) is 14.0. The maximum Gasteiger partial charge on any atom is 0.0404 e. The summed E-state index contributed by atoms with van der Waals surface area (Å²) in [4.78, 5) is 2.59. The van der Waals surface area contributed by atoms with Gasteiger partial charge in [-0.1, -0.05) is 46.8 Å². The van der Waals surface area contributed by atoms with E-state index in [0.717, 1.165) is 0 Å². The Kier molecular flexibility index (Phi) is 4.23. The molecule has 1 heteroatoms. The molecule has 0 aliphatic carbocycles. The minimum absolute atomic E-state index is 0.220. The lowest BCUT2D eigenvalue weighted by atomic mass is 9.83. The second kappa shape index (κ2) is 5.56. The van der Waals surface area contributed by atoms with Crippen LogP contribution >= 0.6 is 0 Å². The van der Waals surface area contributed by atoms with Crippen molar-refractivity contribution in [1.29, 1.82) is 0 Å². The van der Waals surface area contributed by atoms with Crippen molar-refractivity contribution >= 4 is 5.69 Å². The lowest BCUT2D eigenvalue weighted by Crippen LogP contribution is -2.31. The van der Waals surface area contributed by atoms with E-state index in [9.17, 15) is 0 Å². The van der Waals surface area contributed by atoms with Gasteiger partial charge in [-0.2, -0.15) is 0 Å². The van der Waals surface area contributed by atoms with Crippen LogP contribution in [0.5, 0.6) is 0 Å². The van der Waals surface area contributed by atoms with E-state index in [-0.39, 0.29) is 5.41 Å². The molecule has 0 aromatic heterocycles. The molecule has 0 N–H and O–H groups in total. The Morgan fingerprint density at radius 3 is 2.16 bits per heavy atom. The molecule has 19 heavy (non-hydrogen) atoms. The van der Waals surface area contributed by atoms with Crippen molar-refractivity contribution in [1.82, 2.24) is 0 Å². The highest BCUT2D eigenvalue weighted by Crippen LogP contribution is 2.35. The van der Waals surface area contributed by atoms with Crippen LogP contribution in [0, 0.1) is 0 Å². The topological polar surface area (TPSA) is 3.24 Å². The van der Waals surface area contributed by atoms with E-state index in [1.54, 1.807) is 0 Å². The molecule has 0 unspecified atom stereocenters. The van der Waals surface area contributed by atoms with Crippen LogP contribution in [0.2, 0.25) is 0 Å². The van der Waals surface area contributed by atoms with Crippen molar-refractivity contribution in [2.75, 3.05) is 18.0 Å². The van der Waals surface area contributed by atoms with Gasteiger partial charge in [0.15, 0.2) is 0 Å². The molecule has 0 spiro atoms. The Balaban J connectivity index is 2.41. The van der Waals surface area contributed by atoms with E-state index in [4.69, 9.17) is 0 Å². The number of hydrogen-bond donors (Lipinski definition) is 0. The van der Waals surface area contributed by atoms with Gasteiger partial charge in [0, 0.05) is 18.8 Å². The van der Waals surface area contributed by atoms with Gasteiger partial charge in [-0.15, -0.1) is 0 Å². The number of anilines is 1. The predicted octanol–water partition coefficient (Wildman–Crippen LogP) is 5.10. The first kappa shape index (κ1) is 14.4. The number of piperidine rings is 1. The van der Waals surface area contributed by atoms with E-state index < -0.39 is 0 Å². The summed E-state index contributed by atoms with van der Waals surface area (Å²) < 4.78 is 0. The fraction of sp³-hybridized carbons (Fsp3) is 0.667. The normalized spacial score (nSPS) is 17.1. The number of hydrogen-bond acceptors (Lipinski definition) is 1. The van der Waals surface area contributed by atoms with E-state index in [2.05, 4.69) is 57.7 Å². The molecule has 1 aromatic rings. The molecule has 1 nitrogen and oxygen atoms in total. The van der Waals surface area contributed by atoms with Crippen LogP contribution in [0.15, 0.2) is 18.2 Å². The average Bonchev–Trinajstić information content (AvgIpc) is 2.38. The van der Waals surface area contributed by atoms with Gasteiger partial charge in [0.05, 0.1) is 0 Å². The fourth-order valence-corrected chi connectivity index (χ4v) is 2.92. The summed E-state index contributed by atoms with van der Waals surface area (Å²) in [5, 5.41) is 0. The van der Waals surface area contributed by atoms with Crippen LogP contribution in [-0.4, -0.2) is 13.1 Å². The molecule has 0 amide bonds. The summed E-state index contributed by atoms with van der Waals surface area (Å²) in [6.07, 6.45) is 4.08. The summed E-state index contributed by atoms with van der Waals surface area (Å²) in [5.74, 6) is 0.608. The average molecular weight is 259 g/mol. The molecule has 1 heterocycles. The second-order valence-corrected chi connectivity index (χ2v) is 7.23. The molecule has 1 saturated heterocycles. The molecule has 2 rings (SSSR count). The van der Waals surface area contributed by atoms with Crippen molar-refractivity contribution < 1.29 is 0 Å². The van der Waals surface area contributed by atoms with Gasteiger partial charge in [0.25, 0.3) is 0 Å². The SMILES string of the molecule is CC(C)c1ccc(N2CCCCC2)c(C(C)(C)C)c1. The first-order valence-corrected chi connectivity index (χ1v) is 7.79. The molecular formula is C18H29N. The summed E-state index contributed by atoms with van der Waals surface area (Å²) in [5.41, 5.74) is 4.67. The van der Waals surface area contributed by atoms with Crippen LogP contribution in [0.4, 0.5) is 5.69 Å². The maximum atomic E-state index is 2.59. The monoisotopic (exact) mass is 259 g/mol. The summed E-state index contributed by atoms with van der Waals surface area (Å²) in [6.45, 7) is 14.0. The largest absolute Gasteiger partial charge is 0.371 e. The van der Waals surface area contributed by atoms with Gasteiger partial charge >= 0.3 is 0 Å². The third kappa shape index (κ3) is 3.32. The Labute approximate surface area is 119 Å². The lowest BCUT2D eigenvalue weighted by Gasteiger charge is -2.34. The van der Waals surface area contributed by atoms with Crippen molar-refractivity contribution in [2.24, 2.45) is 0 Å². The maximum absolute atomic E-state index is 2.59.